The lowest BCUT2D eigenvalue weighted by Gasteiger charge is -2.23. The minimum Gasteiger partial charge on any atom is -0.483 e. The van der Waals surface area contributed by atoms with E-state index in [2.05, 4.69) is 26.3 Å². The van der Waals surface area contributed by atoms with E-state index in [-0.39, 0.29) is 24.0 Å². The Morgan fingerprint density at radius 1 is 1.12 bits per heavy atom. The lowest BCUT2D eigenvalue weighted by atomic mass is 9.88. The van der Waals surface area contributed by atoms with Gasteiger partial charge in [-0.1, -0.05) is 53.4 Å². The van der Waals surface area contributed by atoms with Gasteiger partial charge in [0, 0.05) is 47.5 Å². The van der Waals surface area contributed by atoms with Gasteiger partial charge in [-0.05, 0) is 61.7 Å². The van der Waals surface area contributed by atoms with Crippen LogP contribution in [0.5, 0.6) is 5.75 Å². The molecule has 1 aliphatic carbocycles. The lowest BCUT2D eigenvalue weighted by molar-refractivity contribution is -0.118. The Balaban J connectivity index is 1.48. The van der Waals surface area contributed by atoms with Crippen molar-refractivity contribution in [2.45, 2.75) is 44.9 Å². The molecule has 1 saturated carbocycles. The highest BCUT2D eigenvalue weighted by Crippen LogP contribution is 2.32. The molecule has 0 aliphatic heterocycles. The SMILES string of the molecule is Cc1ccccc1NC(=O)COc1cc(N(C)C)ccc1C=Nn1c(C2CCCCC2)nc2ccc(Br)cc2c1=O. The molecule has 212 valence electrons. The van der Waals surface area contributed by atoms with Crippen LogP contribution in [0.2, 0.25) is 0 Å². The number of aryl methyl sites for hydroxylation is 1. The van der Waals surface area contributed by atoms with E-state index >= 15 is 0 Å². The Bertz CT molecular complexity index is 1660. The molecular formula is C32H34BrN5O3. The second kappa shape index (κ2) is 12.7. The molecule has 8 nitrogen and oxygen atoms in total. The Kier molecular flexibility index (Phi) is 8.83. The number of nitrogens with one attached hydrogen (secondary N) is 1. The summed E-state index contributed by atoms with van der Waals surface area (Å²) in [4.78, 5) is 33.3. The summed E-state index contributed by atoms with van der Waals surface area (Å²) in [6.07, 6.45) is 6.99. The van der Waals surface area contributed by atoms with Gasteiger partial charge in [0.2, 0.25) is 0 Å². The monoisotopic (exact) mass is 615 g/mol. The van der Waals surface area contributed by atoms with Crippen LogP contribution in [0.25, 0.3) is 10.9 Å². The van der Waals surface area contributed by atoms with Crippen molar-refractivity contribution < 1.29 is 9.53 Å². The van der Waals surface area contributed by atoms with Crippen LogP contribution in [0, 0.1) is 6.92 Å². The maximum atomic E-state index is 13.7. The van der Waals surface area contributed by atoms with E-state index in [4.69, 9.17) is 9.72 Å². The fraction of sp³-hybridized carbons (Fsp3) is 0.312. The summed E-state index contributed by atoms with van der Waals surface area (Å²) in [6, 6.07) is 18.8. The first-order chi connectivity index (χ1) is 19.8. The predicted molar refractivity (Wildman–Crippen MR) is 169 cm³/mol. The summed E-state index contributed by atoms with van der Waals surface area (Å²) >= 11 is 3.48. The molecule has 0 atom stereocenters. The van der Waals surface area contributed by atoms with E-state index in [1.165, 1.54) is 11.1 Å². The van der Waals surface area contributed by atoms with Crippen molar-refractivity contribution >= 4 is 50.3 Å². The van der Waals surface area contributed by atoms with Gasteiger partial charge in [0.1, 0.15) is 11.6 Å². The number of nitrogens with zero attached hydrogens (tertiary/aromatic N) is 4. The molecule has 41 heavy (non-hydrogen) atoms. The first-order valence-corrected chi connectivity index (χ1v) is 14.7. The van der Waals surface area contributed by atoms with Gasteiger partial charge in [-0.25, -0.2) is 4.98 Å². The zero-order valence-electron chi connectivity index (χ0n) is 23.6. The molecule has 1 heterocycles. The van der Waals surface area contributed by atoms with E-state index in [1.54, 1.807) is 12.3 Å². The van der Waals surface area contributed by atoms with Crippen molar-refractivity contribution in [3.8, 4) is 5.75 Å². The van der Waals surface area contributed by atoms with Gasteiger partial charge in [-0.2, -0.15) is 9.78 Å². The Labute approximate surface area is 248 Å². The number of aromatic nitrogens is 2. The predicted octanol–water partition coefficient (Wildman–Crippen LogP) is 6.48. The zero-order chi connectivity index (χ0) is 28.9. The van der Waals surface area contributed by atoms with E-state index < -0.39 is 0 Å². The highest BCUT2D eigenvalue weighted by Gasteiger charge is 2.22. The summed E-state index contributed by atoms with van der Waals surface area (Å²) in [5.74, 6) is 1.07. The topological polar surface area (TPSA) is 88.8 Å². The number of carbonyl (C=O) groups is 1. The van der Waals surface area contributed by atoms with Crippen LogP contribution in [0.15, 0.2) is 75.0 Å². The van der Waals surface area contributed by atoms with Crippen molar-refractivity contribution in [1.82, 2.24) is 9.66 Å². The molecule has 1 aromatic heterocycles. The minimum atomic E-state index is -0.266. The first-order valence-electron chi connectivity index (χ1n) is 13.9. The van der Waals surface area contributed by atoms with Gasteiger partial charge in [0.05, 0.1) is 17.1 Å². The number of ether oxygens (including phenoxy) is 1. The van der Waals surface area contributed by atoms with Crippen molar-refractivity contribution in [3.05, 3.63) is 92.4 Å². The number of halogens is 1. The number of hydrogen-bond acceptors (Lipinski definition) is 6. The molecule has 0 unspecified atom stereocenters. The van der Waals surface area contributed by atoms with E-state index in [0.717, 1.165) is 47.1 Å². The third kappa shape index (κ3) is 6.68. The van der Waals surface area contributed by atoms with Gasteiger partial charge in [0.15, 0.2) is 6.61 Å². The standard InChI is InChI=1S/C32H34BrN5O3/c1-21-9-7-8-12-27(21)35-30(39)20-41-29-18-25(37(2)3)15-13-23(29)19-34-38-31(22-10-5-4-6-11-22)36-28-16-14-24(33)17-26(28)32(38)40/h7-9,12-19,22H,4-6,10-11,20H2,1-3H3,(H,35,39). The molecule has 1 amide bonds. The lowest BCUT2D eigenvalue weighted by Crippen LogP contribution is -2.25. The number of para-hydroxylation sites is 1. The summed E-state index contributed by atoms with van der Waals surface area (Å²) in [5, 5.41) is 8.09. The fourth-order valence-corrected chi connectivity index (χ4v) is 5.46. The van der Waals surface area contributed by atoms with Crippen molar-refractivity contribution in [3.63, 3.8) is 0 Å². The number of anilines is 2. The molecule has 5 rings (SSSR count). The average molecular weight is 617 g/mol. The summed E-state index contributed by atoms with van der Waals surface area (Å²) in [6.45, 7) is 1.76. The molecule has 1 N–H and O–H groups in total. The highest BCUT2D eigenvalue weighted by molar-refractivity contribution is 9.10. The minimum absolute atomic E-state index is 0.165. The van der Waals surface area contributed by atoms with Crippen LogP contribution in [0.3, 0.4) is 0 Å². The number of fused-ring (bicyclic) bond motifs is 1. The van der Waals surface area contributed by atoms with Gasteiger partial charge < -0.3 is 15.0 Å². The van der Waals surface area contributed by atoms with Crippen LogP contribution >= 0.6 is 15.9 Å². The average Bonchev–Trinajstić information content (AvgIpc) is 2.97. The van der Waals surface area contributed by atoms with E-state index in [9.17, 15) is 9.59 Å². The second-order valence-electron chi connectivity index (χ2n) is 10.6. The fourth-order valence-electron chi connectivity index (χ4n) is 5.10. The third-order valence-electron chi connectivity index (χ3n) is 7.41. The molecule has 0 spiro atoms. The normalized spacial score (nSPS) is 14.0. The van der Waals surface area contributed by atoms with E-state index in [0.29, 0.717) is 28.0 Å². The summed E-state index contributed by atoms with van der Waals surface area (Å²) in [7, 11) is 3.87. The third-order valence-corrected chi connectivity index (χ3v) is 7.90. The highest BCUT2D eigenvalue weighted by atomic mass is 79.9. The molecule has 9 heteroatoms. The van der Waals surface area contributed by atoms with Gasteiger partial charge in [-0.15, -0.1) is 0 Å². The molecule has 1 fully saturated rings. The summed E-state index contributed by atoms with van der Waals surface area (Å²) in [5.41, 5.74) is 3.74. The molecule has 0 saturated heterocycles. The van der Waals surface area contributed by atoms with Gasteiger partial charge in [-0.3, -0.25) is 9.59 Å². The first kappa shape index (κ1) is 28.5. The van der Waals surface area contributed by atoms with Crippen LogP contribution in [0.4, 0.5) is 11.4 Å². The summed E-state index contributed by atoms with van der Waals surface area (Å²) < 4.78 is 8.27. The molecule has 3 aromatic carbocycles. The second-order valence-corrected chi connectivity index (χ2v) is 11.5. The smallest absolute Gasteiger partial charge is 0.282 e. The number of hydrogen-bond donors (Lipinski definition) is 1. The molecule has 0 radical (unpaired) electrons. The van der Waals surface area contributed by atoms with Gasteiger partial charge >= 0.3 is 0 Å². The van der Waals surface area contributed by atoms with Crippen molar-refractivity contribution in [2.24, 2.45) is 5.10 Å². The maximum absolute atomic E-state index is 13.7. The van der Waals surface area contributed by atoms with Crippen molar-refractivity contribution in [2.75, 3.05) is 30.9 Å². The largest absolute Gasteiger partial charge is 0.483 e. The Morgan fingerprint density at radius 2 is 1.90 bits per heavy atom. The molecule has 0 bridgehead atoms. The Hall–Kier alpha value is -3.98. The van der Waals surface area contributed by atoms with E-state index in [1.807, 2.05) is 80.5 Å². The number of rotatable bonds is 8. The molecular weight excluding hydrogens is 582 g/mol. The van der Waals surface area contributed by atoms with Crippen LogP contribution < -0.4 is 20.5 Å². The maximum Gasteiger partial charge on any atom is 0.282 e. The quantitative estimate of drug-likeness (QED) is 0.229. The number of amides is 1. The number of benzene rings is 3. The molecule has 1 aliphatic rings. The van der Waals surface area contributed by atoms with Crippen molar-refractivity contribution in [1.29, 1.82) is 0 Å². The Morgan fingerprint density at radius 3 is 2.66 bits per heavy atom. The van der Waals surface area contributed by atoms with Crippen LogP contribution in [-0.2, 0) is 4.79 Å². The van der Waals surface area contributed by atoms with Crippen LogP contribution in [0.1, 0.15) is 55.0 Å². The zero-order valence-corrected chi connectivity index (χ0v) is 25.1. The molecule has 4 aromatic rings. The van der Waals surface area contributed by atoms with Gasteiger partial charge in [0.25, 0.3) is 11.5 Å². The number of carbonyl (C=O) groups excluding carboxylic acids is 1. The van der Waals surface area contributed by atoms with Crippen LogP contribution in [-0.4, -0.2) is 42.5 Å².